The monoisotopic (exact) mass is 530 g/mol. The quantitative estimate of drug-likeness (QED) is 0.522. The smallest absolute Gasteiger partial charge is 0.258 e. The van der Waals surface area contributed by atoms with Gasteiger partial charge < -0.3 is 29.7 Å². The van der Waals surface area contributed by atoms with Crippen LogP contribution in [0.15, 0.2) is 54.6 Å². The molecule has 1 fully saturated rings. The van der Waals surface area contributed by atoms with E-state index in [1.54, 1.807) is 35.2 Å². The van der Waals surface area contributed by atoms with E-state index in [2.05, 4.69) is 15.6 Å². The van der Waals surface area contributed by atoms with Crippen LogP contribution in [0.2, 0.25) is 0 Å². The predicted octanol–water partition coefficient (Wildman–Crippen LogP) is 2.42. The van der Waals surface area contributed by atoms with Gasteiger partial charge in [0.1, 0.15) is 11.9 Å². The molecule has 4 heterocycles. The molecule has 0 aliphatic carbocycles. The van der Waals surface area contributed by atoms with Crippen molar-refractivity contribution in [2.24, 2.45) is 0 Å². The zero-order valence-corrected chi connectivity index (χ0v) is 22.0. The van der Waals surface area contributed by atoms with E-state index in [-0.39, 0.29) is 43.2 Å². The summed E-state index contributed by atoms with van der Waals surface area (Å²) in [5.74, 6) is 0.415. The number of likely N-dealkylation sites (tertiary alicyclic amines) is 1. The van der Waals surface area contributed by atoms with Gasteiger partial charge in [-0.3, -0.25) is 19.4 Å². The maximum absolute atomic E-state index is 13.4. The third-order valence-corrected chi connectivity index (χ3v) is 6.81. The first-order valence-electron chi connectivity index (χ1n) is 12.7. The normalized spacial score (nSPS) is 19.2. The average molecular weight is 531 g/mol. The van der Waals surface area contributed by atoms with Crippen molar-refractivity contribution < 1.29 is 28.6 Å². The molecule has 2 N–H and O–H groups in total. The summed E-state index contributed by atoms with van der Waals surface area (Å²) in [5, 5.41) is 5.84. The summed E-state index contributed by atoms with van der Waals surface area (Å²) in [7, 11) is 1.48. The Labute approximate surface area is 226 Å². The Bertz CT molecular complexity index is 1410. The minimum Gasteiger partial charge on any atom is -0.493 e. The molecule has 2 atom stereocenters. The summed E-state index contributed by atoms with van der Waals surface area (Å²) in [6.45, 7) is 4.32. The lowest BCUT2D eigenvalue weighted by atomic mass is 10.1. The molecule has 3 aliphatic heterocycles. The van der Waals surface area contributed by atoms with Crippen molar-refractivity contribution in [2.45, 2.75) is 32.5 Å². The van der Waals surface area contributed by atoms with Gasteiger partial charge in [0.25, 0.3) is 17.7 Å². The van der Waals surface area contributed by atoms with E-state index in [0.29, 0.717) is 34.9 Å². The van der Waals surface area contributed by atoms with Crippen LogP contribution in [0.25, 0.3) is 0 Å². The lowest BCUT2D eigenvalue weighted by Crippen LogP contribution is -2.45. The molecule has 2 aromatic carbocycles. The number of nitrogens with zero attached hydrogens (tertiary/aromatic N) is 2. The zero-order valence-electron chi connectivity index (χ0n) is 22.0. The van der Waals surface area contributed by atoms with Crippen molar-refractivity contribution in [3.05, 3.63) is 82.7 Å². The number of aromatic nitrogens is 1. The third-order valence-electron chi connectivity index (χ3n) is 6.81. The van der Waals surface area contributed by atoms with Gasteiger partial charge >= 0.3 is 0 Å². The Kier molecular flexibility index (Phi) is 7.36. The fourth-order valence-corrected chi connectivity index (χ4v) is 4.72. The fraction of sp³-hybridized carbons (Fsp3) is 0.310. The minimum atomic E-state index is -0.494. The number of pyridine rings is 1. The zero-order chi connectivity index (χ0) is 27.5. The summed E-state index contributed by atoms with van der Waals surface area (Å²) < 4.78 is 17.3. The molecule has 3 amide bonds. The highest BCUT2D eigenvalue weighted by molar-refractivity contribution is 5.97. The van der Waals surface area contributed by atoms with E-state index in [0.717, 1.165) is 11.3 Å². The number of aryl methyl sites for hydroxylation is 2. The molecule has 202 valence electrons. The Morgan fingerprint density at radius 3 is 2.59 bits per heavy atom. The molecule has 6 rings (SSSR count). The van der Waals surface area contributed by atoms with E-state index in [1.165, 1.54) is 13.2 Å². The van der Waals surface area contributed by atoms with Crippen LogP contribution in [0.5, 0.6) is 17.2 Å². The molecule has 4 bridgehead atoms. The van der Waals surface area contributed by atoms with Crippen molar-refractivity contribution >= 4 is 17.7 Å². The van der Waals surface area contributed by atoms with Gasteiger partial charge in [-0.2, -0.15) is 0 Å². The van der Waals surface area contributed by atoms with E-state index < -0.39 is 12.1 Å². The minimum absolute atomic E-state index is 0.168. The van der Waals surface area contributed by atoms with E-state index >= 15 is 0 Å². The van der Waals surface area contributed by atoms with Crippen LogP contribution >= 0.6 is 0 Å². The number of benzene rings is 2. The first-order valence-corrected chi connectivity index (χ1v) is 12.7. The van der Waals surface area contributed by atoms with Crippen LogP contribution in [0.3, 0.4) is 0 Å². The van der Waals surface area contributed by atoms with Gasteiger partial charge in [-0.15, -0.1) is 0 Å². The number of hydrogen-bond donors (Lipinski definition) is 2. The van der Waals surface area contributed by atoms with Gasteiger partial charge in [-0.25, -0.2) is 0 Å². The van der Waals surface area contributed by atoms with Gasteiger partial charge in [0, 0.05) is 24.3 Å². The van der Waals surface area contributed by atoms with Gasteiger partial charge in [-0.1, -0.05) is 12.1 Å². The molecule has 0 unspecified atom stereocenters. The number of carbonyl (C=O) groups excluding carboxylic acids is 3. The van der Waals surface area contributed by atoms with Gasteiger partial charge in [0.15, 0.2) is 18.1 Å². The Balaban J connectivity index is 1.45. The Hall–Kier alpha value is -4.60. The van der Waals surface area contributed by atoms with Crippen molar-refractivity contribution in [1.82, 2.24) is 20.5 Å². The summed E-state index contributed by atoms with van der Waals surface area (Å²) in [4.78, 5) is 45.2. The standard InChI is InChI=1S/C29H30N4O6/c1-17-4-10-22(18(2)31-17)29(36)33-14-23-26(15-33)39-21-8-5-19(6-9-21)13-30-27(34)16-38-25-12-20(28(35)32-23)7-11-24(25)37-3/h4-12,23,26H,13-16H2,1-3H3,(H,30,34)(H,32,35)/t23-,26-/m0/s1. The number of methoxy groups -OCH3 is 1. The van der Waals surface area contributed by atoms with Crippen molar-refractivity contribution in [3.63, 3.8) is 0 Å². The second kappa shape index (κ2) is 11.0. The lowest BCUT2D eigenvalue weighted by molar-refractivity contribution is -0.123. The topological polar surface area (TPSA) is 119 Å². The summed E-state index contributed by atoms with van der Waals surface area (Å²) >= 11 is 0. The fourth-order valence-electron chi connectivity index (χ4n) is 4.72. The summed E-state index contributed by atoms with van der Waals surface area (Å²) in [6.07, 6.45) is -0.494. The molecule has 0 saturated carbocycles. The number of ether oxygens (including phenoxy) is 3. The molecule has 1 saturated heterocycles. The van der Waals surface area contributed by atoms with Crippen LogP contribution in [-0.2, 0) is 11.3 Å². The van der Waals surface area contributed by atoms with Gasteiger partial charge in [0.05, 0.1) is 31.0 Å². The number of nitrogens with one attached hydrogen (secondary N) is 2. The Morgan fingerprint density at radius 1 is 1.05 bits per heavy atom. The van der Waals surface area contributed by atoms with Gasteiger partial charge in [-0.05, 0) is 61.9 Å². The maximum atomic E-state index is 13.4. The Morgan fingerprint density at radius 2 is 1.85 bits per heavy atom. The molecule has 0 spiro atoms. The number of rotatable bonds is 2. The lowest BCUT2D eigenvalue weighted by Gasteiger charge is -2.21. The number of fused-ring (bicyclic) bond motifs is 7. The summed E-state index contributed by atoms with van der Waals surface area (Å²) in [5.41, 5.74) is 3.21. The SMILES string of the molecule is COc1ccc2cc1OCC(=O)NCc1ccc(cc1)O[C@H]1CN(C(=O)c3ccc(C)nc3C)C[C@@H]1NC2=O. The summed E-state index contributed by atoms with van der Waals surface area (Å²) in [6, 6.07) is 15.2. The third kappa shape index (κ3) is 5.79. The first kappa shape index (κ1) is 26.0. The molecule has 10 heteroatoms. The second-order valence-corrected chi connectivity index (χ2v) is 9.61. The number of amides is 3. The van der Waals surface area contributed by atoms with Crippen molar-refractivity contribution in [2.75, 3.05) is 26.8 Å². The molecule has 3 aliphatic rings. The van der Waals surface area contributed by atoms with E-state index in [4.69, 9.17) is 14.2 Å². The molecule has 39 heavy (non-hydrogen) atoms. The van der Waals surface area contributed by atoms with Crippen LogP contribution < -0.4 is 24.8 Å². The molecule has 0 radical (unpaired) electrons. The van der Waals surface area contributed by atoms with Crippen LogP contribution in [0.4, 0.5) is 0 Å². The average Bonchev–Trinajstić information content (AvgIpc) is 3.32. The molecular formula is C29H30N4O6. The highest BCUT2D eigenvalue weighted by Crippen LogP contribution is 2.29. The van der Waals surface area contributed by atoms with Crippen molar-refractivity contribution in [1.29, 1.82) is 0 Å². The number of hydrogen-bond acceptors (Lipinski definition) is 7. The molecule has 3 aromatic rings. The second-order valence-electron chi connectivity index (χ2n) is 9.61. The highest BCUT2D eigenvalue weighted by atomic mass is 16.5. The van der Waals surface area contributed by atoms with Crippen LogP contribution in [-0.4, -0.2) is 66.6 Å². The number of carbonyl (C=O) groups is 3. The van der Waals surface area contributed by atoms with Crippen molar-refractivity contribution in [3.8, 4) is 17.2 Å². The van der Waals surface area contributed by atoms with E-state index in [9.17, 15) is 14.4 Å². The molecule has 10 nitrogen and oxygen atoms in total. The largest absolute Gasteiger partial charge is 0.493 e. The maximum Gasteiger partial charge on any atom is 0.258 e. The molecule has 1 aromatic heterocycles. The first-order chi connectivity index (χ1) is 18.8. The van der Waals surface area contributed by atoms with Crippen LogP contribution in [0.1, 0.15) is 37.7 Å². The highest BCUT2D eigenvalue weighted by Gasteiger charge is 2.39. The van der Waals surface area contributed by atoms with Gasteiger partial charge in [0.2, 0.25) is 0 Å². The predicted molar refractivity (Wildman–Crippen MR) is 142 cm³/mol. The molecular weight excluding hydrogens is 500 g/mol. The van der Waals surface area contributed by atoms with E-state index in [1.807, 2.05) is 32.0 Å². The van der Waals surface area contributed by atoms with Crippen LogP contribution in [0, 0.1) is 13.8 Å².